The van der Waals surface area contributed by atoms with Gasteiger partial charge >= 0.3 is 5.69 Å². The van der Waals surface area contributed by atoms with Crippen LogP contribution in [-0.2, 0) is 0 Å². The molecular weight excluding hydrogens is 264 g/mol. The molecule has 0 aliphatic heterocycles. The second-order valence-electron chi connectivity index (χ2n) is 4.60. The zero-order valence-electron chi connectivity index (χ0n) is 10.7. The fourth-order valence-electron chi connectivity index (χ4n) is 1.83. The van der Waals surface area contributed by atoms with E-state index >= 15 is 0 Å². The minimum absolute atomic E-state index is 0.165. The zero-order valence-corrected chi connectivity index (χ0v) is 11.5. The predicted octanol–water partition coefficient (Wildman–Crippen LogP) is 1.05. The predicted molar refractivity (Wildman–Crippen MR) is 71.2 cm³/mol. The Morgan fingerprint density at radius 2 is 2.11 bits per heavy atom. The van der Waals surface area contributed by atoms with Crippen molar-refractivity contribution >= 4 is 17.6 Å². The van der Waals surface area contributed by atoms with E-state index in [-0.39, 0.29) is 11.7 Å². The minimum Gasteiger partial charge on any atom is -0.383 e. The van der Waals surface area contributed by atoms with Gasteiger partial charge in [-0.3, -0.25) is 4.57 Å². The van der Waals surface area contributed by atoms with E-state index in [4.69, 9.17) is 5.73 Å². The maximum Gasteiger partial charge on any atom is 0.344 e. The van der Waals surface area contributed by atoms with Gasteiger partial charge in [0.25, 0.3) is 0 Å². The Hall–Kier alpha value is -1.83. The summed E-state index contributed by atoms with van der Waals surface area (Å²) in [5.74, 6) is 1.08. The Balaban J connectivity index is 2.00. The molecule has 1 saturated carbocycles. The summed E-state index contributed by atoms with van der Waals surface area (Å²) < 4.78 is 1.69. The van der Waals surface area contributed by atoms with Crippen LogP contribution >= 0.6 is 11.8 Å². The first kappa shape index (κ1) is 12.2. The van der Waals surface area contributed by atoms with E-state index in [9.17, 15) is 4.79 Å². The number of aromatic nitrogens is 5. The van der Waals surface area contributed by atoms with Crippen LogP contribution in [0.3, 0.4) is 0 Å². The van der Waals surface area contributed by atoms with Crippen LogP contribution in [0.4, 0.5) is 5.82 Å². The minimum atomic E-state index is -0.165. The third kappa shape index (κ3) is 2.23. The van der Waals surface area contributed by atoms with E-state index < -0.39 is 0 Å². The quantitative estimate of drug-likeness (QED) is 0.813. The highest BCUT2D eigenvalue weighted by atomic mass is 32.2. The molecule has 3 N–H and O–H groups in total. The molecule has 2 aromatic rings. The van der Waals surface area contributed by atoms with Crippen molar-refractivity contribution < 1.29 is 0 Å². The van der Waals surface area contributed by atoms with Crippen molar-refractivity contribution in [1.82, 2.24) is 24.7 Å². The first-order valence-electron chi connectivity index (χ1n) is 6.01. The van der Waals surface area contributed by atoms with E-state index in [1.807, 2.05) is 6.92 Å². The van der Waals surface area contributed by atoms with Crippen molar-refractivity contribution in [3.63, 3.8) is 0 Å². The van der Waals surface area contributed by atoms with Gasteiger partial charge in [-0.25, -0.2) is 19.9 Å². The van der Waals surface area contributed by atoms with Crippen molar-refractivity contribution in [3.05, 3.63) is 21.9 Å². The Kier molecular flexibility index (Phi) is 2.81. The highest BCUT2D eigenvalue weighted by Crippen LogP contribution is 2.38. The largest absolute Gasteiger partial charge is 0.383 e. The molecule has 1 fully saturated rings. The fourth-order valence-corrected chi connectivity index (χ4v) is 2.86. The molecule has 7 nitrogen and oxygen atoms in total. The average molecular weight is 278 g/mol. The molecule has 8 heteroatoms. The van der Waals surface area contributed by atoms with Crippen molar-refractivity contribution in [2.45, 2.75) is 42.9 Å². The molecule has 0 atom stereocenters. The summed E-state index contributed by atoms with van der Waals surface area (Å²) in [4.78, 5) is 20.2. The summed E-state index contributed by atoms with van der Waals surface area (Å²) in [6.07, 6.45) is 2.05. The fraction of sp³-hybridized carbons (Fsp3) is 0.455. The number of nitrogens with zero attached hydrogens (tertiary/aromatic N) is 4. The smallest absolute Gasteiger partial charge is 0.344 e. The average Bonchev–Trinajstić information content (AvgIpc) is 3.11. The first-order chi connectivity index (χ1) is 9.06. The molecule has 2 heterocycles. The number of hydrogen-bond donors (Lipinski definition) is 2. The lowest BCUT2D eigenvalue weighted by molar-refractivity contribution is 0.642. The van der Waals surface area contributed by atoms with E-state index in [1.54, 1.807) is 11.5 Å². The van der Waals surface area contributed by atoms with Crippen LogP contribution in [0, 0.1) is 13.8 Å². The van der Waals surface area contributed by atoms with Crippen molar-refractivity contribution in [1.29, 1.82) is 0 Å². The second kappa shape index (κ2) is 4.37. The molecule has 0 saturated heterocycles. The number of hydrogen-bond acceptors (Lipinski definition) is 6. The molecule has 0 unspecified atom stereocenters. The zero-order chi connectivity index (χ0) is 13.6. The highest BCUT2D eigenvalue weighted by Gasteiger charge is 2.29. The molecule has 3 rings (SSSR count). The monoisotopic (exact) mass is 278 g/mol. The summed E-state index contributed by atoms with van der Waals surface area (Å²) in [7, 11) is 0. The van der Waals surface area contributed by atoms with Gasteiger partial charge < -0.3 is 5.73 Å². The van der Waals surface area contributed by atoms with Crippen LogP contribution in [0.15, 0.2) is 15.0 Å². The molecular formula is C11H14N6OS. The Morgan fingerprint density at radius 1 is 1.37 bits per heavy atom. The Labute approximate surface area is 113 Å². The number of aryl methyl sites for hydroxylation is 1. The number of rotatable bonds is 3. The molecule has 100 valence electrons. The third-order valence-electron chi connectivity index (χ3n) is 3.02. The SMILES string of the molecule is Cc1nc(N)c(C)c(Sc2n[nH]c(=O)n2C2CC2)n1. The number of anilines is 1. The van der Waals surface area contributed by atoms with Crippen LogP contribution in [0.2, 0.25) is 0 Å². The van der Waals surface area contributed by atoms with Crippen LogP contribution in [0.1, 0.15) is 30.3 Å². The van der Waals surface area contributed by atoms with Gasteiger partial charge in [0.05, 0.1) is 0 Å². The molecule has 19 heavy (non-hydrogen) atoms. The molecule has 0 spiro atoms. The van der Waals surface area contributed by atoms with E-state index in [0.29, 0.717) is 16.8 Å². The molecule has 2 aromatic heterocycles. The maximum absolute atomic E-state index is 11.7. The van der Waals surface area contributed by atoms with Gasteiger partial charge in [-0.15, -0.1) is 5.10 Å². The van der Waals surface area contributed by atoms with Gasteiger partial charge in [-0.2, -0.15) is 0 Å². The lowest BCUT2D eigenvalue weighted by atomic mass is 10.3. The summed E-state index contributed by atoms with van der Waals surface area (Å²) >= 11 is 1.35. The Bertz CT molecular complexity index is 687. The number of aromatic amines is 1. The Morgan fingerprint density at radius 3 is 2.79 bits per heavy atom. The standard InChI is InChI=1S/C11H14N6OS/c1-5-8(12)13-6(2)14-9(5)19-11-16-15-10(18)17(11)7-3-4-7/h7H,3-4H2,1-2H3,(H,15,18)(H2,12,13,14). The van der Waals surface area contributed by atoms with E-state index in [2.05, 4.69) is 20.2 Å². The molecule has 1 aliphatic carbocycles. The number of nitrogen functional groups attached to an aromatic ring is 1. The lowest BCUT2D eigenvalue weighted by Crippen LogP contribution is -2.16. The summed E-state index contributed by atoms with van der Waals surface area (Å²) in [5, 5.41) is 7.92. The van der Waals surface area contributed by atoms with Gasteiger partial charge in [0.15, 0.2) is 5.16 Å². The van der Waals surface area contributed by atoms with Crippen LogP contribution in [-0.4, -0.2) is 24.7 Å². The topological polar surface area (TPSA) is 102 Å². The summed E-state index contributed by atoms with van der Waals surface area (Å²) in [5.41, 5.74) is 6.48. The number of H-pyrrole nitrogens is 1. The second-order valence-corrected chi connectivity index (χ2v) is 5.56. The van der Waals surface area contributed by atoms with E-state index in [1.165, 1.54) is 11.8 Å². The van der Waals surface area contributed by atoms with Crippen molar-refractivity contribution in [2.75, 3.05) is 5.73 Å². The molecule has 0 aromatic carbocycles. The first-order valence-corrected chi connectivity index (χ1v) is 6.83. The summed E-state index contributed by atoms with van der Waals surface area (Å²) in [6, 6.07) is 0.273. The van der Waals surface area contributed by atoms with Crippen LogP contribution in [0.5, 0.6) is 0 Å². The molecule has 0 radical (unpaired) electrons. The van der Waals surface area contributed by atoms with E-state index in [0.717, 1.165) is 23.4 Å². The van der Waals surface area contributed by atoms with Crippen LogP contribution < -0.4 is 11.4 Å². The van der Waals surface area contributed by atoms with Gasteiger partial charge in [0, 0.05) is 11.6 Å². The molecule has 1 aliphatic rings. The van der Waals surface area contributed by atoms with Crippen molar-refractivity contribution in [2.24, 2.45) is 0 Å². The molecule has 0 amide bonds. The van der Waals surface area contributed by atoms with Gasteiger partial charge in [0.1, 0.15) is 16.7 Å². The van der Waals surface area contributed by atoms with Crippen LogP contribution in [0.25, 0.3) is 0 Å². The number of nitrogens with two attached hydrogens (primary N) is 1. The van der Waals surface area contributed by atoms with Gasteiger partial charge in [0.2, 0.25) is 0 Å². The van der Waals surface area contributed by atoms with Gasteiger partial charge in [-0.05, 0) is 38.5 Å². The number of nitrogens with one attached hydrogen (secondary N) is 1. The molecule has 0 bridgehead atoms. The normalized spacial score (nSPS) is 14.8. The highest BCUT2D eigenvalue weighted by molar-refractivity contribution is 7.99. The maximum atomic E-state index is 11.7. The summed E-state index contributed by atoms with van der Waals surface area (Å²) in [6.45, 7) is 3.65. The third-order valence-corrected chi connectivity index (χ3v) is 4.08. The lowest BCUT2D eigenvalue weighted by Gasteiger charge is -2.07. The van der Waals surface area contributed by atoms with Crippen molar-refractivity contribution in [3.8, 4) is 0 Å². The van der Waals surface area contributed by atoms with Gasteiger partial charge in [-0.1, -0.05) is 0 Å².